The molecule has 0 aliphatic carbocycles. The number of piperidine rings is 1. The van der Waals surface area contributed by atoms with Gasteiger partial charge in [0.05, 0.1) is 0 Å². The first kappa shape index (κ1) is 16.7. The predicted molar refractivity (Wildman–Crippen MR) is 91.6 cm³/mol. The summed E-state index contributed by atoms with van der Waals surface area (Å²) in [5, 5.41) is 4.77. The van der Waals surface area contributed by atoms with E-state index in [1.54, 1.807) is 11.3 Å². The first-order chi connectivity index (χ1) is 10.8. The maximum absolute atomic E-state index is 12.4. The van der Waals surface area contributed by atoms with Crippen molar-refractivity contribution in [2.75, 3.05) is 0 Å². The fourth-order valence-corrected chi connectivity index (χ4v) is 4.41. The van der Waals surface area contributed by atoms with E-state index in [1.165, 1.54) is 4.88 Å². The second kappa shape index (κ2) is 6.40. The number of rotatable bonds is 3. The summed E-state index contributed by atoms with van der Waals surface area (Å²) in [6, 6.07) is 1.11. The van der Waals surface area contributed by atoms with E-state index in [2.05, 4.69) is 17.2 Å². The summed E-state index contributed by atoms with van der Waals surface area (Å²) < 4.78 is 5.58. The van der Waals surface area contributed by atoms with E-state index in [9.17, 15) is 4.79 Å². The highest BCUT2D eigenvalue weighted by molar-refractivity contribution is 7.11. The van der Waals surface area contributed by atoms with Crippen molar-refractivity contribution in [2.45, 2.75) is 83.6 Å². The van der Waals surface area contributed by atoms with Crippen molar-refractivity contribution in [1.82, 2.24) is 15.2 Å². The minimum absolute atomic E-state index is 0.140. The molecule has 5 nitrogen and oxygen atoms in total. The quantitative estimate of drug-likeness (QED) is 0.917. The predicted octanol–water partition coefficient (Wildman–Crippen LogP) is 3.47. The molecule has 3 rings (SSSR count). The lowest BCUT2D eigenvalue weighted by atomic mass is 9.98. The zero-order valence-corrected chi connectivity index (χ0v) is 15.3. The average Bonchev–Trinajstić information content (AvgIpc) is 2.96. The minimum atomic E-state index is -0.422. The monoisotopic (exact) mass is 337 g/mol. The highest BCUT2D eigenvalue weighted by Gasteiger charge is 2.44. The minimum Gasteiger partial charge on any atom is -0.444 e. The van der Waals surface area contributed by atoms with Gasteiger partial charge < -0.3 is 15.0 Å². The highest BCUT2D eigenvalue weighted by atomic mass is 32.1. The molecule has 1 amide bonds. The second-order valence-electron chi connectivity index (χ2n) is 7.69. The molecule has 128 valence electrons. The lowest BCUT2D eigenvalue weighted by Crippen LogP contribution is -2.52. The van der Waals surface area contributed by atoms with Gasteiger partial charge in [-0.05, 0) is 53.4 Å². The van der Waals surface area contributed by atoms with Crippen LogP contribution in [0.3, 0.4) is 0 Å². The molecule has 23 heavy (non-hydrogen) atoms. The maximum atomic E-state index is 12.4. The third-order valence-electron chi connectivity index (χ3n) is 4.55. The van der Waals surface area contributed by atoms with Gasteiger partial charge in [0.1, 0.15) is 10.6 Å². The second-order valence-corrected chi connectivity index (χ2v) is 9.01. The van der Waals surface area contributed by atoms with E-state index < -0.39 is 5.60 Å². The van der Waals surface area contributed by atoms with Crippen LogP contribution >= 0.6 is 11.3 Å². The van der Waals surface area contributed by atoms with Crippen molar-refractivity contribution in [3.63, 3.8) is 0 Å². The SMILES string of the molecule is Cc1cnc(CNC2CC3CCC(C2)N3C(=O)OC(C)(C)C)s1. The topological polar surface area (TPSA) is 54.5 Å². The summed E-state index contributed by atoms with van der Waals surface area (Å²) in [4.78, 5) is 20.1. The Hall–Kier alpha value is -1.14. The third-order valence-corrected chi connectivity index (χ3v) is 5.46. The van der Waals surface area contributed by atoms with Crippen LogP contribution in [0.4, 0.5) is 4.79 Å². The van der Waals surface area contributed by atoms with Crippen LogP contribution < -0.4 is 5.32 Å². The zero-order chi connectivity index (χ0) is 16.6. The van der Waals surface area contributed by atoms with Crippen LogP contribution in [0.2, 0.25) is 0 Å². The Morgan fingerprint density at radius 3 is 2.57 bits per heavy atom. The van der Waals surface area contributed by atoms with Gasteiger partial charge in [-0.3, -0.25) is 0 Å². The van der Waals surface area contributed by atoms with Crippen LogP contribution in [-0.4, -0.2) is 39.7 Å². The Kier molecular flexibility index (Phi) is 4.65. The number of nitrogens with one attached hydrogen (secondary N) is 1. The third kappa shape index (κ3) is 4.04. The molecule has 2 saturated heterocycles. The van der Waals surface area contributed by atoms with Gasteiger partial charge in [-0.25, -0.2) is 9.78 Å². The molecule has 2 unspecified atom stereocenters. The molecule has 0 radical (unpaired) electrons. The van der Waals surface area contributed by atoms with Gasteiger partial charge in [0.2, 0.25) is 0 Å². The van der Waals surface area contributed by atoms with Crippen molar-refractivity contribution in [2.24, 2.45) is 0 Å². The van der Waals surface area contributed by atoms with Crippen LogP contribution in [0.1, 0.15) is 56.3 Å². The first-order valence-electron chi connectivity index (χ1n) is 8.48. The summed E-state index contributed by atoms with van der Waals surface area (Å²) in [6.07, 6.45) is 6.01. The molecule has 2 atom stereocenters. The molecule has 0 spiro atoms. The molecule has 0 saturated carbocycles. The number of hydrogen-bond donors (Lipinski definition) is 1. The van der Waals surface area contributed by atoms with E-state index in [4.69, 9.17) is 4.74 Å². The van der Waals surface area contributed by atoms with Gasteiger partial charge in [0.15, 0.2) is 0 Å². The van der Waals surface area contributed by atoms with Crippen LogP contribution in [0.15, 0.2) is 6.20 Å². The van der Waals surface area contributed by atoms with Crippen molar-refractivity contribution >= 4 is 17.4 Å². The van der Waals surface area contributed by atoms with E-state index >= 15 is 0 Å². The Bertz CT molecular complexity index is 552. The summed E-state index contributed by atoms with van der Waals surface area (Å²) in [5.41, 5.74) is -0.422. The number of amides is 1. The lowest BCUT2D eigenvalue weighted by Gasteiger charge is -2.39. The molecule has 1 aromatic heterocycles. The Morgan fingerprint density at radius 2 is 2.04 bits per heavy atom. The largest absolute Gasteiger partial charge is 0.444 e. The molecule has 2 fully saturated rings. The van der Waals surface area contributed by atoms with E-state index in [0.717, 1.165) is 37.2 Å². The highest BCUT2D eigenvalue weighted by Crippen LogP contribution is 2.37. The zero-order valence-electron chi connectivity index (χ0n) is 14.5. The van der Waals surface area contributed by atoms with Crippen LogP contribution in [0.5, 0.6) is 0 Å². The van der Waals surface area contributed by atoms with Gasteiger partial charge in [-0.1, -0.05) is 0 Å². The lowest BCUT2D eigenvalue weighted by molar-refractivity contribution is 0.00466. The summed E-state index contributed by atoms with van der Waals surface area (Å²) >= 11 is 1.75. The number of thiazole rings is 1. The fourth-order valence-electron chi connectivity index (χ4n) is 3.67. The smallest absolute Gasteiger partial charge is 0.410 e. The summed E-state index contributed by atoms with van der Waals surface area (Å²) in [6.45, 7) is 8.70. The molecule has 3 heterocycles. The first-order valence-corrected chi connectivity index (χ1v) is 9.29. The van der Waals surface area contributed by atoms with E-state index in [1.807, 2.05) is 31.9 Å². The average molecular weight is 337 g/mol. The Morgan fingerprint density at radius 1 is 1.39 bits per heavy atom. The molecule has 6 heteroatoms. The number of fused-ring (bicyclic) bond motifs is 2. The standard InChI is InChI=1S/C17H27N3O2S/c1-11-9-19-15(23-11)10-18-12-7-13-5-6-14(8-12)20(13)16(21)22-17(2,3)4/h9,12-14,18H,5-8,10H2,1-4H3. The van der Waals surface area contributed by atoms with Crippen LogP contribution in [-0.2, 0) is 11.3 Å². The molecule has 0 aromatic carbocycles. The summed E-state index contributed by atoms with van der Waals surface area (Å²) in [7, 11) is 0. The Labute approximate surface area is 142 Å². The normalized spacial score (nSPS) is 27.3. The van der Waals surface area contributed by atoms with E-state index in [-0.39, 0.29) is 6.09 Å². The van der Waals surface area contributed by atoms with Crippen molar-refractivity contribution in [3.05, 3.63) is 16.1 Å². The molecule has 1 aromatic rings. The maximum Gasteiger partial charge on any atom is 0.410 e. The van der Waals surface area contributed by atoms with Gasteiger partial charge in [0, 0.05) is 35.7 Å². The number of aromatic nitrogens is 1. The number of carbonyl (C=O) groups excluding carboxylic acids is 1. The molecule has 2 bridgehead atoms. The van der Waals surface area contributed by atoms with Gasteiger partial charge in [-0.15, -0.1) is 11.3 Å². The van der Waals surface area contributed by atoms with Crippen LogP contribution in [0.25, 0.3) is 0 Å². The Balaban J connectivity index is 1.55. The van der Waals surface area contributed by atoms with Crippen molar-refractivity contribution in [1.29, 1.82) is 0 Å². The molecular weight excluding hydrogens is 310 g/mol. The van der Waals surface area contributed by atoms with Crippen molar-refractivity contribution < 1.29 is 9.53 Å². The number of nitrogens with zero attached hydrogens (tertiary/aromatic N) is 2. The summed E-state index contributed by atoms with van der Waals surface area (Å²) in [5.74, 6) is 0. The number of aryl methyl sites for hydroxylation is 1. The number of ether oxygens (including phenoxy) is 1. The number of carbonyl (C=O) groups is 1. The van der Waals surface area contributed by atoms with Gasteiger partial charge in [0.25, 0.3) is 0 Å². The molecule has 2 aliphatic rings. The van der Waals surface area contributed by atoms with Gasteiger partial charge in [-0.2, -0.15) is 0 Å². The van der Waals surface area contributed by atoms with Crippen molar-refractivity contribution in [3.8, 4) is 0 Å². The molecule has 1 N–H and O–H groups in total. The molecular formula is C17H27N3O2S. The van der Waals surface area contributed by atoms with Crippen LogP contribution in [0, 0.1) is 6.92 Å². The molecule has 2 aliphatic heterocycles. The van der Waals surface area contributed by atoms with E-state index in [0.29, 0.717) is 18.1 Å². The fraction of sp³-hybridized carbons (Fsp3) is 0.765. The van der Waals surface area contributed by atoms with Gasteiger partial charge >= 0.3 is 6.09 Å². The number of hydrogen-bond acceptors (Lipinski definition) is 5.